The van der Waals surface area contributed by atoms with Crippen LogP contribution in [0.4, 0.5) is 4.39 Å². The van der Waals surface area contributed by atoms with Gasteiger partial charge >= 0.3 is 5.97 Å². The Labute approximate surface area is 115 Å². The second kappa shape index (κ2) is 5.77. The summed E-state index contributed by atoms with van der Waals surface area (Å²) in [4.78, 5) is 10.7. The van der Waals surface area contributed by atoms with Gasteiger partial charge in [-0.3, -0.25) is 4.79 Å². The molecular weight excluding hydrogens is 263 g/mol. The molecule has 2 rings (SSSR count). The molecule has 20 heavy (non-hydrogen) atoms. The molecule has 2 aromatic rings. The Hall–Kier alpha value is -2.31. The zero-order valence-corrected chi connectivity index (χ0v) is 11.2. The fraction of sp³-hybridized carbons (Fsp3) is 0.385. The number of carbonyl (C=O) groups is 1. The number of carboxylic acid groups (broad SMARTS) is 1. The number of halogens is 1. The molecule has 0 aliphatic carbocycles. The summed E-state index contributed by atoms with van der Waals surface area (Å²) < 4.78 is 15.4. The van der Waals surface area contributed by atoms with Crippen molar-refractivity contribution in [3.63, 3.8) is 0 Å². The number of benzene rings is 1. The van der Waals surface area contributed by atoms with Crippen LogP contribution in [-0.4, -0.2) is 31.3 Å². The second-order valence-electron chi connectivity index (χ2n) is 4.87. The van der Waals surface area contributed by atoms with E-state index in [2.05, 4.69) is 15.5 Å². The predicted molar refractivity (Wildman–Crippen MR) is 69.4 cm³/mol. The van der Waals surface area contributed by atoms with Crippen LogP contribution >= 0.6 is 0 Å². The van der Waals surface area contributed by atoms with Crippen LogP contribution in [0, 0.1) is 18.7 Å². The molecule has 1 N–H and O–H groups in total. The first-order chi connectivity index (χ1) is 9.47. The minimum Gasteiger partial charge on any atom is -0.481 e. The van der Waals surface area contributed by atoms with E-state index in [4.69, 9.17) is 5.11 Å². The molecule has 0 amide bonds. The molecule has 0 spiro atoms. The predicted octanol–water partition coefficient (Wildman–Crippen LogP) is 1.90. The molecule has 0 aliphatic rings. The van der Waals surface area contributed by atoms with Crippen molar-refractivity contribution in [2.24, 2.45) is 5.92 Å². The minimum absolute atomic E-state index is 0.00960. The monoisotopic (exact) mass is 278 g/mol. The topological polar surface area (TPSA) is 80.9 Å². The van der Waals surface area contributed by atoms with E-state index in [1.807, 2.05) is 0 Å². The zero-order valence-electron chi connectivity index (χ0n) is 11.2. The number of tetrazole rings is 1. The molecule has 0 aliphatic heterocycles. The molecule has 7 heteroatoms. The number of carboxylic acids is 1. The first-order valence-corrected chi connectivity index (χ1v) is 6.22. The normalized spacial score (nSPS) is 12.3. The van der Waals surface area contributed by atoms with Crippen LogP contribution in [0.15, 0.2) is 18.2 Å². The van der Waals surface area contributed by atoms with Gasteiger partial charge in [0.1, 0.15) is 5.82 Å². The van der Waals surface area contributed by atoms with Crippen LogP contribution in [-0.2, 0) is 11.3 Å². The van der Waals surface area contributed by atoms with Gasteiger partial charge in [0, 0.05) is 13.0 Å². The van der Waals surface area contributed by atoms with Gasteiger partial charge in [-0.2, -0.15) is 0 Å². The summed E-state index contributed by atoms with van der Waals surface area (Å²) in [5.41, 5.74) is 1.12. The van der Waals surface area contributed by atoms with Crippen LogP contribution < -0.4 is 0 Å². The fourth-order valence-electron chi connectivity index (χ4n) is 1.98. The summed E-state index contributed by atoms with van der Waals surface area (Å²) in [5.74, 6) is -1.12. The van der Waals surface area contributed by atoms with E-state index in [9.17, 15) is 9.18 Å². The summed E-state index contributed by atoms with van der Waals surface area (Å²) >= 11 is 0. The van der Waals surface area contributed by atoms with Crippen molar-refractivity contribution in [2.45, 2.75) is 26.8 Å². The average Bonchev–Trinajstić information content (AvgIpc) is 2.75. The van der Waals surface area contributed by atoms with Gasteiger partial charge in [-0.1, -0.05) is 13.0 Å². The van der Waals surface area contributed by atoms with Crippen LogP contribution in [0.5, 0.6) is 0 Å². The van der Waals surface area contributed by atoms with Crippen molar-refractivity contribution in [3.05, 3.63) is 29.6 Å². The van der Waals surface area contributed by atoms with E-state index in [-0.39, 0.29) is 12.3 Å². The van der Waals surface area contributed by atoms with Crippen molar-refractivity contribution in [2.75, 3.05) is 0 Å². The van der Waals surface area contributed by atoms with Gasteiger partial charge in [0.15, 0.2) is 5.82 Å². The number of aliphatic carboxylic acids is 1. The third kappa shape index (κ3) is 3.17. The molecule has 0 fully saturated rings. The number of hydrogen-bond donors (Lipinski definition) is 1. The summed E-state index contributed by atoms with van der Waals surface area (Å²) in [5, 5.41) is 19.9. The SMILES string of the molecule is Cc1ccc(-c2nnnn2CC(C)CC(=O)O)c(F)c1. The number of hydrogen-bond acceptors (Lipinski definition) is 4. The van der Waals surface area contributed by atoms with Crippen LogP contribution in [0.3, 0.4) is 0 Å². The van der Waals surface area contributed by atoms with E-state index in [0.29, 0.717) is 17.9 Å². The lowest BCUT2D eigenvalue weighted by atomic mass is 10.1. The highest BCUT2D eigenvalue weighted by Gasteiger charge is 2.16. The lowest BCUT2D eigenvalue weighted by Gasteiger charge is -2.10. The van der Waals surface area contributed by atoms with Crippen molar-refractivity contribution >= 4 is 5.97 Å². The Balaban J connectivity index is 2.26. The molecule has 1 atom stereocenters. The van der Waals surface area contributed by atoms with Gasteiger partial charge in [0.25, 0.3) is 0 Å². The third-order valence-electron chi connectivity index (χ3n) is 2.91. The van der Waals surface area contributed by atoms with Crippen molar-refractivity contribution < 1.29 is 14.3 Å². The van der Waals surface area contributed by atoms with Gasteiger partial charge in [-0.25, -0.2) is 9.07 Å². The van der Waals surface area contributed by atoms with Gasteiger partial charge < -0.3 is 5.11 Å². The molecular formula is C13H15FN4O2. The summed E-state index contributed by atoms with van der Waals surface area (Å²) in [6, 6.07) is 4.81. The van der Waals surface area contributed by atoms with Crippen molar-refractivity contribution in [1.82, 2.24) is 20.2 Å². The Bertz CT molecular complexity index is 627. The van der Waals surface area contributed by atoms with E-state index >= 15 is 0 Å². The van der Waals surface area contributed by atoms with Crippen LogP contribution in [0.2, 0.25) is 0 Å². The minimum atomic E-state index is -0.881. The maximum Gasteiger partial charge on any atom is 0.303 e. The first-order valence-electron chi connectivity index (χ1n) is 6.22. The second-order valence-corrected chi connectivity index (χ2v) is 4.87. The molecule has 1 heterocycles. The fourth-order valence-corrected chi connectivity index (χ4v) is 1.98. The molecule has 0 bridgehead atoms. The Kier molecular flexibility index (Phi) is 4.07. The average molecular weight is 278 g/mol. The molecule has 0 saturated heterocycles. The van der Waals surface area contributed by atoms with Gasteiger partial charge in [-0.05, 0) is 41.0 Å². The highest BCUT2D eigenvalue weighted by molar-refractivity contribution is 5.66. The number of nitrogens with zero attached hydrogens (tertiary/aromatic N) is 4. The summed E-state index contributed by atoms with van der Waals surface area (Å²) in [6.45, 7) is 3.90. The van der Waals surface area contributed by atoms with Gasteiger partial charge in [-0.15, -0.1) is 5.10 Å². The summed E-state index contributed by atoms with van der Waals surface area (Å²) in [6.07, 6.45) is 0.00960. The maximum absolute atomic E-state index is 13.9. The number of aryl methyl sites for hydroxylation is 1. The zero-order chi connectivity index (χ0) is 14.7. The quantitative estimate of drug-likeness (QED) is 0.903. The van der Waals surface area contributed by atoms with Crippen molar-refractivity contribution in [1.29, 1.82) is 0 Å². The molecule has 1 aromatic heterocycles. The molecule has 0 radical (unpaired) electrons. The van der Waals surface area contributed by atoms with E-state index in [1.165, 1.54) is 10.7 Å². The Morgan fingerprint density at radius 1 is 1.50 bits per heavy atom. The van der Waals surface area contributed by atoms with Crippen molar-refractivity contribution in [3.8, 4) is 11.4 Å². The molecule has 1 unspecified atom stereocenters. The standard InChI is InChI=1S/C13H15FN4O2/c1-8-3-4-10(11(14)5-8)13-15-16-17-18(13)7-9(2)6-12(19)20/h3-5,9H,6-7H2,1-2H3,(H,19,20). The lowest BCUT2D eigenvalue weighted by molar-refractivity contribution is -0.138. The van der Waals surface area contributed by atoms with Gasteiger partial charge in [0.05, 0.1) is 5.56 Å². The number of rotatable bonds is 5. The largest absolute Gasteiger partial charge is 0.481 e. The Morgan fingerprint density at radius 2 is 2.25 bits per heavy atom. The summed E-state index contributed by atoms with van der Waals surface area (Å²) in [7, 11) is 0. The first kappa shape index (κ1) is 14.1. The van der Waals surface area contributed by atoms with Crippen LogP contribution in [0.25, 0.3) is 11.4 Å². The van der Waals surface area contributed by atoms with E-state index < -0.39 is 11.8 Å². The molecule has 106 valence electrons. The highest BCUT2D eigenvalue weighted by atomic mass is 19.1. The van der Waals surface area contributed by atoms with E-state index in [0.717, 1.165) is 5.56 Å². The third-order valence-corrected chi connectivity index (χ3v) is 2.91. The maximum atomic E-state index is 13.9. The smallest absolute Gasteiger partial charge is 0.303 e. The van der Waals surface area contributed by atoms with Gasteiger partial charge in [0.2, 0.25) is 0 Å². The van der Waals surface area contributed by atoms with E-state index in [1.54, 1.807) is 26.0 Å². The highest BCUT2D eigenvalue weighted by Crippen LogP contribution is 2.21. The Morgan fingerprint density at radius 3 is 2.90 bits per heavy atom. The molecule has 0 saturated carbocycles. The number of aromatic nitrogens is 4. The molecule has 6 nitrogen and oxygen atoms in total. The van der Waals surface area contributed by atoms with Crippen LogP contribution in [0.1, 0.15) is 18.9 Å². The lowest BCUT2D eigenvalue weighted by Crippen LogP contribution is -2.14. The molecule has 1 aromatic carbocycles.